The van der Waals surface area contributed by atoms with Gasteiger partial charge in [0.2, 0.25) is 5.91 Å². The smallest absolute Gasteiger partial charge is 0.241 e. The Morgan fingerprint density at radius 1 is 1.27 bits per heavy atom. The van der Waals surface area contributed by atoms with Gasteiger partial charge in [-0.3, -0.25) is 4.79 Å². The van der Waals surface area contributed by atoms with Gasteiger partial charge in [0.1, 0.15) is 5.54 Å². The number of hydrogen-bond donors (Lipinski definition) is 2. The Morgan fingerprint density at radius 2 is 2.05 bits per heavy atom. The van der Waals surface area contributed by atoms with Gasteiger partial charge in [-0.05, 0) is 31.6 Å². The molecule has 0 aromatic carbocycles. The summed E-state index contributed by atoms with van der Waals surface area (Å²) in [4.78, 5) is 13.0. The number of fused-ring (bicyclic) bond motifs is 1. The van der Waals surface area contributed by atoms with Crippen molar-refractivity contribution in [1.29, 1.82) is 0 Å². The lowest BCUT2D eigenvalue weighted by molar-refractivity contribution is -0.225. The van der Waals surface area contributed by atoms with Crippen molar-refractivity contribution in [3.05, 3.63) is 0 Å². The summed E-state index contributed by atoms with van der Waals surface area (Å²) in [7, 11) is 0. The first-order valence-electron chi connectivity index (χ1n) is 9.12. The van der Waals surface area contributed by atoms with Gasteiger partial charge in [0.15, 0.2) is 0 Å². The Morgan fingerprint density at radius 3 is 2.77 bits per heavy atom. The number of rotatable bonds is 3. The van der Waals surface area contributed by atoms with Gasteiger partial charge in [-0.15, -0.1) is 0 Å². The monoisotopic (exact) mass is 308 g/mol. The predicted octanol–water partition coefficient (Wildman–Crippen LogP) is 2.60. The second-order valence-electron chi connectivity index (χ2n) is 8.24. The van der Waals surface area contributed by atoms with Crippen LogP contribution in [0.5, 0.6) is 0 Å². The molecule has 1 aliphatic heterocycles. The van der Waals surface area contributed by atoms with Crippen molar-refractivity contribution >= 4 is 5.91 Å². The number of carbonyl (C=O) groups excluding carboxylic acids is 1. The molecular formula is C18H32N2O2. The van der Waals surface area contributed by atoms with E-state index in [4.69, 9.17) is 10.5 Å². The minimum atomic E-state index is -0.767. The molecule has 0 radical (unpaired) electrons. The van der Waals surface area contributed by atoms with Crippen molar-refractivity contribution in [3.63, 3.8) is 0 Å². The Bertz CT molecular complexity index is 437. The fraction of sp³-hybridized carbons (Fsp3) is 0.944. The van der Waals surface area contributed by atoms with Crippen LogP contribution in [-0.4, -0.2) is 30.2 Å². The Hall–Kier alpha value is -0.610. The molecule has 2 aliphatic carbocycles. The van der Waals surface area contributed by atoms with E-state index in [0.29, 0.717) is 6.04 Å². The summed E-state index contributed by atoms with van der Waals surface area (Å²) in [6.07, 6.45) is 8.13. The molecule has 126 valence electrons. The van der Waals surface area contributed by atoms with Crippen LogP contribution in [0, 0.1) is 17.3 Å². The van der Waals surface area contributed by atoms with Gasteiger partial charge in [0.25, 0.3) is 0 Å². The van der Waals surface area contributed by atoms with Crippen molar-refractivity contribution in [2.24, 2.45) is 23.0 Å². The molecule has 2 saturated carbocycles. The molecule has 0 bridgehead atoms. The van der Waals surface area contributed by atoms with E-state index in [2.05, 4.69) is 26.1 Å². The minimum absolute atomic E-state index is 0.0611. The molecule has 22 heavy (non-hydrogen) atoms. The summed E-state index contributed by atoms with van der Waals surface area (Å²) in [6, 6.07) is 0.311. The summed E-state index contributed by atoms with van der Waals surface area (Å²) in [5, 5.41) is 3.29. The maximum atomic E-state index is 13.0. The van der Waals surface area contributed by atoms with Crippen LogP contribution in [0.2, 0.25) is 0 Å². The number of carbonyl (C=O) groups is 1. The highest BCUT2D eigenvalue weighted by Gasteiger charge is 2.70. The van der Waals surface area contributed by atoms with Gasteiger partial charge in [0, 0.05) is 24.0 Å². The molecule has 1 amide bonds. The fourth-order valence-corrected chi connectivity index (χ4v) is 5.13. The van der Waals surface area contributed by atoms with Gasteiger partial charge in [0.05, 0.1) is 6.10 Å². The molecule has 0 aromatic heterocycles. The van der Waals surface area contributed by atoms with Crippen LogP contribution in [0.25, 0.3) is 0 Å². The fourth-order valence-electron chi connectivity index (χ4n) is 5.13. The second kappa shape index (κ2) is 5.79. The Kier molecular flexibility index (Phi) is 4.28. The molecule has 0 spiro atoms. The van der Waals surface area contributed by atoms with Gasteiger partial charge in [-0.2, -0.15) is 0 Å². The minimum Gasteiger partial charge on any atom is -0.377 e. The molecule has 1 heterocycles. The summed E-state index contributed by atoms with van der Waals surface area (Å²) in [6.45, 7) is 7.24. The molecule has 3 aliphatic rings. The highest BCUT2D eigenvalue weighted by molar-refractivity contribution is 5.89. The molecule has 3 N–H and O–H groups in total. The van der Waals surface area contributed by atoms with Crippen molar-refractivity contribution in [2.45, 2.75) is 83.4 Å². The van der Waals surface area contributed by atoms with Crippen LogP contribution >= 0.6 is 0 Å². The van der Waals surface area contributed by atoms with Gasteiger partial charge >= 0.3 is 0 Å². The zero-order chi connectivity index (χ0) is 16.0. The lowest BCUT2D eigenvalue weighted by atomic mass is 9.46. The average molecular weight is 308 g/mol. The summed E-state index contributed by atoms with van der Waals surface area (Å²) < 4.78 is 5.90. The molecule has 4 nitrogen and oxygen atoms in total. The maximum absolute atomic E-state index is 13.0. The number of nitrogens with two attached hydrogens (primary N) is 1. The number of amides is 1. The molecular weight excluding hydrogens is 276 g/mol. The Balaban J connectivity index is 1.68. The van der Waals surface area contributed by atoms with Crippen LogP contribution in [0.3, 0.4) is 0 Å². The Labute approximate surface area is 134 Å². The molecule has 4 heteroatoms. The van der Waals surface area contributed by atoms with E-state index in [-0.39, 0.29) is 23.3 Å². The third kappa shape index (κ3) is 2.30. The van der Waals surface area contributed by atoms with Gasteiger partial charge in [-0.1, -0.05) is 40.0 Å². The maximum Gasteiger partial charge on any atom is 0.241 e. The van der Waals surface area contributed by atoms with Crippen LogP contribution in [0.1, 0.15) is 65.7 Å². The van der Waals surface area contributed by atoms with E-state index in [1.54, 1.807) is 0 Å². The van der Waals surface area contributed by atoms with Crippen molar-refractivity contribution in [2.75, 3.05) is 6.61 Å². The lowest BCUT2D eigenvalue weighted by Crippen LogP contribution is -2.82. The van der Waals surface area contributed by atoms with Crippen molar-refractivity contribution < 1.29 is 9.53 Å². The summed E-state index contributed by atoms with van der Waals surface area (Å²) in [5.74, 6) is 1.00. The summed E-state index contributed by atoms with van der Waals surface area (Å²) >= 11 is 0. The number of nitrogens with one attached hydrogen (secondary N) is 1. The van der Waals surface area contributed by atoms with Crippen molar-refractivity contribution in [1.82, 2.24) is 5.32 Å². The normalized spacial score (nSPS) is 43.8. The zero-order valence-electron chi connectivity index (χ0n) is 14.4. The summed E-state index contributed by atoms with van der Waals surface area (Å²) in [5.41, 5.74) is 5.63. The van der Waals surface area contributed by atoms with Crippen LogP contribution in [-0.2, 0) is 9.53 Å². The standard InChI is InChI=1S/C18H32N2O2/c1-4-12-7-5-8-13(11-12)20-16(21)18(19)14-9-6-10-22-15(14)17(18,2)3/h12-15H,4-11,19H2,1-3H3,(H,20,21). The van der Waals surface area contributed by atoms with Crippen LogP contribution < -0.4 is 11.1 Å². The van der Waals surface area contributed by atoms with Crippen molar-refractivity contribution in [3.8, 4) is 0 Å². The largest absolute Gasteiger partial charge is 0.377 e. The zero-order valence-corrected chi connectivity index (χ0v) is 14.4. The van der Waals surface area contributed by atoms with Crippen LogP contribution in [0.4, 0.5) is 0 Å². The average Bonchev–Trinajstić information content (AvgIpc) is 2.54. The van der Waals surface area contributed by atoms with E-state index in [0.717, 1.165) is 38.2 Å². The first-order chi connectivity index (χ1) is 10.4. The van der Waals surface area contributed by atoms with Gasteiger partial charge in [-0.25, -0.2) is 0 Å². The topological polar surface area (TPSA) is 64.4 Å². The van der Waals surface area contributed by atoms with E-state index in [9.17, 15) is 4.79 Å². The molecule has 5 unspecified atom stereocenters. The quantitative estimate of drug-likeness (QED) is 0.842. The van der Waals surface area contributed by atoms with E-state index < -0.39 is 5.54 Å². The van der Waals surface area contributed by atoms with E-state index in [1.807, 2.05) is 0 Å². The van der Waals surface area contributed by atoms with Crippen LogP contribution in [0.15, 0.2) is 0 Å². The van der Waals surface area contributed by atoms with Gasteiger partial charge < -0.3 is 15.8 Å². The SMILES string of the molecule is CCC1CCCC(NC(=O)C2(N)C3CCCOC3C2(C)C)C1. The highest BCUT2D eigenvalue weighted by Crippen LogP contribution is 2.57. The predicted molar refractivity (Wildman–Crippen MR) is 87.3 cm³/mol. The second-order valence-corrected chi connectivity index (χ2v) is 8.24. The number of hydrogen-bond acceptors (Lipinski definition) is 3. The first kappa shape index (κ1) is 16.3. The highest BCUT2D eigenvalue weighted by atomic mass is 16.5. The number of ether oxygens (including phenoxy) is 1. The third-order valence-corrected chi connectivity index (χ3v) is 6.76. The molecule has 1 saturated heterocycles. The molecule has 0 aromatic rings. The third-order valence-electron chi connectivity index (χ3n) is 6.76. The van der Waals surface area contributed by atoms with E-state index >= 15 is 0 Å². The lowest BCUT2D eigenvalue weighted by Gasteiger charge is -2.65. The first-order valence-corrected chi connectivity index (χ1v) is 9.12. The molecule has 5 atom stereocenters. The van der Waals surface area contributed by atoms with E-state index in [1.165, 1.54) is 19.3 Å². The molecule has 3 rings (SSSR count). The molecule has 3 fully saturated rings.